The number of rotatable bonds is 12. The van der Waals surface area contributed by atoms with E-state index < -0.39 is 117 Å². The Morgan fingerprint density at radius 2 is 0.619 bits per heavy atom. The molecule has 0 saturated heterocycles. The molecule has 3 aromatic carbocycles. The van der Waals surface area contributed by atoms with Crippen molar-refractivity contribution in [1.82, 2.24) is 0 Å². The van der Waals surface area contributed by atoms with Gasteiger partial charge in [-0.2, -0.15) is 39.5 Å². The van der Waals surface area contributed by atoms with E-state index in [2.05, 4.69) is 91.0 Å². The molecule has 21 heteroatoms. The van der Waals surface area contributed by atoms with Gasteiger partial charge in [-0.3, -0.25) is 4.57 Å². The standard InChI is InChI=1S/3C8H9F3O2S.3C6H5.Eu.HOP/c3*9-8(10,11)7(13)4-5(12)6-2-1-3-14-6;3*1-2-4-6-5-3-1;;1-2/h3*1-3,5,7,12-13H,4H2;3*1-5H;;2H. The van der Waals surface area contributed by atoms with Gasteiger partial charge in [-0.15, -0.1) is 34.0 Å². The van der Waals surface area contributed by atoms with Crippen molar-refractivity contribution in [2.45, 2.75) is 74.4 Å². The SMILES string of the molecule is O=P.OC(CC(O)C(F)(F)F)c1cccs1.OC(CC(O)C(F)(F)F)c1cccs1.OC(CC(O)C(F)(F)F)c1cccs1.c1cc[c]([Eu]([c]2ccccc2)[c]2ccccc2)cc1. The number of benzene rings is 3. The van der Waals surface area contributed by atoms with Gasteiger partial charge in [-0.05, 0) is 34.3 Å². The van der Waals surface area contributed by atoms with E-state index in [1.54, 1.807) is 43.5 Å². The maximum atomic E-state index is 11.9. The van der Waals surface area contributed by atoms with Crippen LogP contribution in [0.1, 0.15) is 52.2 Å². The van der Waals surface area contributed by atoms with E-state index in [9.17, 15) is 54.8 Å². The number of aliphatic hydroxyl groups is 6. The Labute approximate surface area is 388 Å². The van der Waals surface area contributed by atoms with Crippen molar-refractivity contribution in [1.29, 1.82) is 0 Å². The fourth-order valence-electron chi connectivity index (χ4n) is 4.83. The molecular weight excluding hydrogens is 1070 g/mol. The van der Waals surface area contributed by atoms with E-state index in [1.165, 1.54) is 18.1 Å². The quantitative estimate of drug-likeness (QED) is 0.0531. The van der Waals surface area contributed by atoms with Crippen LogP contribution in [0.5, 0.6) is 0 Å². The maximum absolute atomic E-state index is 11.9. The normalized spacial score (nSPS) is 14.5. The van der Waals surface area contributed by atoms with Crippen molar-refractivity contribution in [2.24, 2.45) is 0 Å². The van der Waals surface area contributed by atoms with Gasteiger partial charge in [-0.25, -0.2) is 0 Å². The van der Waals surface area contributed by atoms with Crippen LogP contribution in [0.2, 0.25) is 0 Å². The van der Waals surface area contributed by atoms with E-state index in [4.69, 9.17) is 19.9 Å². The second-order valence-electron chi connectivity index (χ2n) is 12.6. The molecular formula is C42H43EuF9O7PS3. The molecule has 63 heavy (non-hydrogen) atoms. The Bertz CT molecular complexity index is 1800. The van der Waals surface area contributed by atoms with E-state index in [1.807, 2.05) is 0 Å². The van der Waals surface area contributed by atoms with Gasteiger partial charge in [0.1, 0.15) is 9.12 Å². The zero-order valence-corrected chi connectivity index (χ0v) is 38.4. The van der Waals surface area contributed by atoms with Gasteiger partial charge in [0, 0.05) is 33.9 Å². The molecule has 0 spiro atoms. The Morgan fingerprint density at radius 3 is 0.794 bits per heavy atom. The molecule has 6 unspecified atom stereocenters. The van der Waals surface area contributed by atoms with Gasteiger partial charge in [-0.1, -0.05) is 18.2 Å². The van der Waals surface area contributed by atoms with Gasteiger partial charge < -0.3 is 30.6 Å². The van der Waals surface area contributed by atoms with Crippen molar-refractivity contribution in [2.75, 3.05) is 0 Å². The summed E-state index contributed by atoms with van der Waals surface area (Å²) in [6.45, 7) is 0. The molecule has 0 saturated carbocycles. The Kier molecular flexibility index (Phi) is 25.7. The molecule has 3 heterocycles. The van der Waals surface area contributed by atoms with Crippen LogP contribution in [0.15, 0.2) is 144 Å². The monoisotopic (exact) mass is 1110 g/mol. The van der Waals surface area contributed by atoms with Gasteiger partial charge in [0.15, 0.2) is 18.3 Å². The third kappa shape index (κ3) is 21.2. The molecule has 6 atom stereocenters. The first kappa shape index (κ1) is 56.7. The van der Waals surface area contributed by atoms with Crippen LogP contribution in [0.25, 0.3) is 0 Å². The molecule has 0 aliphatic heterocycles. The van der Waals surface area contributed by atoms with Crippen LogP contribution < -0.4 is -0.127 Å². The fraction of sp³-hybridized carbons (Fsp3) is 0.286. The minimum atomic E-state index is -4.67. The van der Waals surface area contributed by atoms with E-state index in [0.29, 0.717) is 14.6 Å². The first-order valence-electron chi connectivity index (χ1n) is 18.1. The van der Waals surface area contributed by atoms with Crippen LogP contribution >= 0.6 is 43.1 Å². The summed E-state index contributed by atoms with van der Waals surface area (Å²) < 4.78 is 120. The zero-order chi connectivity index (χ0) is 47.2. The summed E-state index contributed by atoms with van der Waals surface area (Å²) in [5.41, 5.74) is 0. The van der Waals surface area contributed by atoms with Crippen molar-refractivity contribution >= 4 is 43.0 Å². The van der Waals surface area contributed by atoms with E-state index in [0.717, 1.165) is 34.0 Å². The topological polar surface area (TPSA) is 138 Å². The molecule has 0 fully saturated rings. The van der Waals surface area contributed by atoms with Gasteiger partial charge >= 0.3 is 152 Å². The number of thiophene rings is 3. The van der Waals surface area contributed by atoms with Gasteiger partial charge in [0.25, 0.3) is 0 Å². The summed E-state index contributed by atoms with van der Waals surface area (Å²) in [5.74, 6) is 0. The summed E-state index contributed by atoms with van der Waals surface area (Å²) in [6, 6.07) is 42.3. The van der Waals surface area contributed by atoms with E-state index in [-0.39, 0.29) is 0 Å². The third-order valence-electron chi connectivity index (χ3n) is 7.94. The van der Waals surface area contributed by atoms with E-state index >= 15 is 0 Å². The van der Waals surface area contributed by atoms with Crippen molar-refractivity contribution in [3.8, 4) is 0 Å². The first-order valence-corrected chi connectivity index (χ1v) is 24.8. The average molecular weight is 1110 g/mol. The molecule has 0 bridgehead atoms. The molecule has 6 N–H and O–H groups in total. The fourth-order valence-corrected chi connectivity index (χ4v) is 13.3. The summed E-state index contributed by atoms with van der Waals surface area (Å²) in [6.07, 6.45) is -27.4. The predicted octanol–water partition coefficient (Wildman–Crippen LogP) is 9.34. The molecule has 6 rings (SSSR count). The first-order chi connectivity index (χ1) is 29.7. The van der Waals surface area contributed by atoms with Gasteiger partial charge in [0.2, 0.25) is 0 Å². The molecule has 0 aliphatic rings. The molecule has 6 aromatic rings. The zero-order valence-electron chi connectivity index (χ0n) is 32.5. The Morgan fingerprint density at radius 1 is 0.397 bits per heavy atom. The summed E-state index contributed by atoms with van der Waals surface area (Å²) in [4.78, 5) is 1.27. The summed E-state index contributed by atoms with van der Waals surface area (Å²) in [7, 11) is 1.72. The Balaban J connectivity index is 0.000000288. The molecule has 0 amide bonds. The second-order valence-corrected chi connectivity index (χ2v) is 21.6. The number of alkyl halides is 9. The van der Waals surface area contributed by atoms with Crippen LogP contribution in [0, 0.1) is 42.3 Å². The van der Waals surface area contributed by atoms with Crippen molar-refractivity contribution in [3.05, 3.63) is 158 Å². The van der Waals surface area contributed by atoms with Crippen LogP contribution in [0.3, 0.4) is 0 Å². The number of halogens is 9. The minimum absolute atomic E-state index is 0.424. The molecule has 0 aliphatic carbocycles. The molecule has 7 nitrogen and oxygen atoms in total. The van der Waals surface area contributed by atoms with Crippen LogP contribution in [0.4, 0.5) is 39.5 Å². The average Bonchev–Trinajstić information content (AvgIpc) is 4.08. The van der Waals surface area contributed by atoms with Crippen LogP contribution in [-0.2, 0) is 4.57 Å². The molecule has 0 radical (unpaired) electrons. The van der Waals surface area contributed by atoms with Crippen molar-refractivity contribution in [3.63, 3.8) is 0 Å². The summed E-state index contributed by atoms with van der Waals surface area (Å²) >= 11 is 1.62. The number of hydrogen-bond acceptors (Lipinski definition) is 10. The number of aliphatic hydroxyl groups excluding tert-OH is 6. The predicted molar refractivity (Wildman–Crippen MR) is 225 cm³/mol. The summed E-state index contributed by atoms with van der Waals surface area (Å²) in [5, 5.41) is 58.9. The van der Waals surface area contributed by atoms with Crippen molar-refractivity contribution < 1.29 is 117 Å². The Hall–Kier alpha value is -2.43. The molecule has 3 aromatic heterocycles. The number of hydrogen-bond donors (Lipinski definition) is 6. The second kappa shape index (κ2) is 28.6. The van der Waals surface area contributed by atoms with Crippen LogP contribution in [-0.4, -0.2) is 67.5 Å². The molecule has 346 valence electrons. The third-order valence-corrected chi connectivity index (χ3v) is 17.5. The van der Waals surface area contributed by atoms with Gasteiger partial charge in [0.05, 0.1) is 18.3 Å².